The summed E-state index contributed by atoms with van der Waals surface area (Å²) in [5.41, 5.74) is 1.07. The summed E-state index contributed by atoms with van der Waals surface area (Å²) >= 11 is 0. The first kappa shape index (κ1) is 14.7. The molecule has 20 heavy (non-hydrogen) atoms. The van der Waals surface area contributed by atoms with Crippen LogP contribution in [0.3, 0.4) is 0 Å². The summed E-state index contributed by atoms with van der Waals surface area (Å²) < 4.78 is 33.0. The molecule has 1 heterocycles. The topological polar surface area (TPSA) is 25.2 Å². The van der Waals surface area contributed by atoms with Gasteiger partial charge in [-0.25, -0.2) is 8.78 Å². The molecule has 2 nitrogen and oxygen atoms in total. The number of furan rings is 1. The van der Waals surface area contributed by atoms with E-state index < -0.39 is 17.7 Å². The monoisotopic (exact) mass is 279 g/mol. The van der Waals surface area contributed by atoms with Gasteiger partial charge in [-0.2, -0.15) is 0 Å². The zero-order valence-corrected chi connectivity index (χ0v) is 12.1. The summed E-state index contributed by atoms with van der Waals surface area (Å²) in [6, 6.07) is 5.37. The summed E-state index contributed by atoms with van der Waals surface area (Å²) in [5, 5.41) is 3.21. The Balaban J connectivity index is 2.19. The minimum absolute atomic E-state index is 0.0542. The molecule has 2 unspecified atom stereocenters. The van der Waals surface area contributed by atoms with Crippen molar-refractivity contribution in [2.24, 2.45) is 0 Å². The molecule has 1 N–H and O–H groups in total. The van der Waals surface area contributed by atoms with Gasteiger partial charge in [0.1, 0.15) is 23.2 Å². The zero-order valence-electron chi connectivity index (χ0n) is 12.1. The van der Waals surface area contributed by atoms with Crippen molar-refractivity contribution in [2.45, 2.75) is 39.8 Å². The molecule has 2 rings (SSSR count). The lowest BCUT2D eigenvalue weighted by atomic mass is 10.0. The standard InChI is InChI=1S/C16H19F2NO/c1-9-8-13(12(4)20-9)10(2)19-11(3)16-14(17)6-5-7-15(16)18/h5-8,10-11,19H,1-4H3. The van der Waals surface area contributed by atoms with Crippen LogP contribution in [0.5, 0.6) is 0 Å². The second-order valence-corrected chi connectivity index (χ2v) is 5.11. The van der Waals surface area contributed by atoms with E-state index >= 15 is 0 Å². The minimum Gasteiger partial charge on any atom is -0.466 e. The molecule has 2 aromatic rings. The van der Waals surface area contributed by atoms with Crippen LogP contribution in [0.1, 0.15) is 48.6 Å². The Morgan fingerprint density at radius 1 is 1.05 bits per heavy atom. The van der Waals surface area contributed by atoms with Crippen molar-refractivity contribution >= 4 is 0 Å². The van der Waals surface area contributed by atoms with Gasteiger partial charge in [0.2, 0.25) is 0 Å². The van der Waals surface area contributed by atoms with E-state index in [-0.39, 0.29) is 11.6 Å². The molecule has 0 spiro atoms. The molecule has 0 aliphatic rings. The normalized spacial score (nSPS) is 14.3. The number of rotatable bonds is 4. The molecular formula is C16H19F2NO. The van der Waals surface area contributed by atoms with Crippen LogP contribution in [0, 0.1) is 25.5 Å². The first-order valence-electron chi connectivity index (χ1n) is 6.67. The second-order valence-electron chi connectivity index (χ2n) is 5.11. The van der Waals surface area contributed by atoms with E-state index in [0.717, 1.165) is 17.1 Å². The number of halogens is 2. The Labute approximate surface area is 117 Å². The molecule has 0 amide bonds. The Bertz CT molecular complexity index is 586. The molecule has 108 valence electrons. The summed E-state index contributed by atoms with van der Waals surface area (Å²) in [6.07, 6.45) is 0. The fourth-order valence-electron chi connectivity index (χ4n) is 2.55. The quantitative estimate of drug-likeness (QED) is 0.885. The lowest BCUT2D eigenvalue weighted by molar-refractivity contribution is 0.441. The average Bonchev–Trinajstić information content (AvgIpc) is 2.68. The smallest absolute Gasteiger partial charge is 0.130 e. The van der Waals surface area contributed by atoms with Gasteiger partial charge in [0.25, 0.3) is 0 Å². The third kappa shape index (κ3) is 2.90. The molecule has 0 radical (unpaired) electrons. The van der Waals surface area contributed by atoms with Gasteiger partial charge in [-0.15, -0.1) is 0 Å². The second kappa shape index (κ2) is 5.75. The van der Waals surface area contributed by atoms with Crippen LogP contribution in [0.15, 0.2) is 28.7 Å². The highest BCUT2D eigenvalue weighted by Gasteiger charge is 2.20. The third-order valence-corrected chi connectivity index (χ3v) is 3.48. The lowest BCUT2D eigenvalue weighted by Crippen LogP contribution is -2.24. The molecule has 0 aliphatic heterocycles. The molecule has 0 fully saturated rings. The van der Waals surface area contributed by atoms with Crippen LogP contribution >= 0.6 is 0 Å². The zero-order chi connectivity index (χ0) is 14.9. The van der Waals surface area contributed by atoms with Crippen molar-refractivity contribution in [3.05, 3.63) is 58.5 Å². The fraction of sp³-hybridized carbons (Fsp3) is 0.375. The van der Waals surface area contributed by atoms with E-state index in [1.54, 1.807) is 6.92 Å². The van der Waals surface area contributed by atoms with Crippen LogP contribution < -0.4 is 5.32 Å². The van der Waals surface area contributed by atoms with Crippen LogP contribution in [0.4, 0.5) is 8.78 Å². The van der Waals surface area contributed by atoms with E-state index in [2.05, 4.69) is 5.32 Å². The molecule has 0 aliphatic carbocycles. The van der Waals surface area contributed by atoms with Gasteiger partial charge in [-0.3, -0.25) is 0 Å². The maximum atomic E-state index is 13.7. The van der Waals surface area contributed by atoms with Gasteiger partial charge < -0.3 is 9.73 Å². The van der Waals surface area contributed by atoms with Gasteiger partial charge in [-0.05, 0) is 45.9 Å². The largest absolute Gasteiger partial charge is 0.466 e. The maximum Gasteiger partial charge on any atom is 0.130 e. The van der Waals surface area contributed by atoms with Crippen LogP contribution in [-0.4, -0.2) is 0 Å². The van der Waals surface area contributed by atoms with Crippen molar-refractivity contribution in [1.29, 1.82) is 0 Å². The molecule has 0 bridgehead atoms. The Morgan fingerprint density at radius 2 is 1.65 bits per heavy atom. The Morgan fingerprint density at radius 3 is 2.15 bits per heavy atom. The van der Waals surface area contributed by atoms with Crippen molar-refractivity contribution < 1.29 is 13.2 Å². The van der Waals surface area contributed by atoms with E-state index in [1.165, 1.54) is 18.2 Å². The highest BCUT2D eigenvalue weighted by molar-refractivity contribution is 5.26. The van der Waals surface area contributed by atoms with Crippen molar-refractivity contribution in [1.82, 2.24) is 5.32 Å². The predicted octanol–water partition coefficient (Wildman–Crippen LogP) is 4.59. The van der Waals surface area contributed by atoms with Crippen LogP contribution in [0.2, 0.25) is 0 Å². The summed E-state index contributed by atoms with van der Waals surface area (Å²) in [7, 11) is 0. The van der Waals surface area contributed by atoms with E-state index in [9.17, 15) is 8.78 Å². The van der Waals surface area contributed by atoms with E-state index in [4.69, 9.17) is 4.42 Å². The van der Waals surface area contributed by atoms with Crippen LogP contribution in [-0.2, 0) is 0 Å². The van der Waals surface area contributed by atoms with E-state index in [0.29, 0.717) is 0 Å². The van der Waals surface area contributed by atoms with Crippen molar-refractivity contribution in [2.75, 3.05) is 0 Å². The molecule has 1 aromatic carbocycles. The molecule has 1 aromatic heterocycles. The highest BCUT2D eigenvalue weighted by atomic mass is 19.1. The van der Waals surface area contributed by atoms with Crippen LogP contribution in [0.25, 0.3) is 0 Å². The predicted molar refractivity (Wildman–Crippen MR) is 74.5 cm³/mol. The van der Waals surface area contributed by atoms with E-state index in [1.807, 2.05) is 26.8 Å². The molecule has 4 heteroatoms. The maximum absolute atomic E-state index is 13.7. The number of hydrogen-bond donors (Lipinski definition) is 1. The van der Waals surface area contributed by atoms with Gasteiger partial charge >= 0.3 is 0 Å². The SMILES string of the molecule is Cc1cc(C(C)NC(C)c2c(F)cccc2F)c(C)o1. The van der Waals surface area contributed by atoms with Gasteiger partial charge in [0, 0.05) is 23.2 Å². The van der Waals surface area contributed by atoms with Gasteiger partial charge in [-0.1, -0.05) is 6.07 Å². The molecule has 2 atom stereocenters. The average molecular weight is 279 g/mol. The number of nitrogens with one attached hydrogen (secondary N) is 1. The summed E-state index contributed by atoms with van der Waals surface area (Å²) in [4.78, 5) is 0. The first-order chi connectivity index (χ1) is 9.40. The number of hydrogen-bond acceptors (Lipinski definition) is 2. The summed E-state index contributed by atoms with van der Waals surface area (Å²) in [5.74, 6) is 0.592. The molecule has 0 saturated carbocycles. The first-order valence-corrected chi connectivity index (χ1v) is 6.67. The van der Waals surface area contributed by atoms with Gasteiger partial charge in [0.15, 0.2) is 0 Å². The minimum atomic E-state index is -0.530. The lowest BCUT2D eigenvalue weighted by Gasteiger charge is -2.21. The Kier molecular flexibility index (Phi) is 4.23. The number of benzene rings is 1. The fourth-order valence-corrected chi connectivity index (χ4v) is 2.55. The highest BCUT2D eigenvalue weighted by Crippen LogP contribution is 2.26. The van der Waals surface area contributed by atoms with Crippen molar-refractivity contribution in [3.8, 4) is 0 Å². The summed E-state index contributed by atoms with van der Waals surface area (Å²) in [6.45, 7) is 7.46. The third-order valence-electron chi connectivity index (χ3n) is 3.48. The number of aryl methyl sites for hydroxylation is 2. The van der Waals surface area contributed by atoms with Crippen molar-refractivity contribution in [3.63, 3.8) is 0 Å². The Hall–Kier alpha value is -1.68. The molecular weight excluding hydrogens is 260 g/mol. The molecule has 0 saturated heterocycles. The van der Waals surface area contributed by atoms with Gasteiger partial charge in [0.05, 0.1) is 0 Å².